The monoisotopic (exact) mass is 560 g/mol. The molecule has 1 aromatic heterocycles. The number of Topliss-reactive ketones (excluding diaryl/α,β-unsaturated/α-hetero) is 1. The van der Waals surface area contributed by atoms with Crippen molar-refractivity contribution in [2.45, 2.75) is 44.6 Å². The average molecular weight is 561 g/mol. The van der Waals surface area contributed by atoms with E-state index in [-0.39, 0.29) is 18.8 Å². The third-order valence-electron chi connectivity index (χ3n) is 7.64. The third-order valence-corrected chi connectivity index (χ3v) is 7.89. The van der Waals surface area contributed by atoms with Gasteiger partial charge in [0.05, 0.1) is 12.2 Å². The van der Waals surface area contributed by atoms with Crippen LogP contribution in [0.1, 0.15) is 59.7 Å². The number of allylic oxidation sites excluding steroid dienone is 1. The van der Waals surface area contributed by atoms with Crippen molar-refractivity contribution in [3.05, 3.63) is 94.1 Å². The molecule has 40 heavy (non-hydrogen) atoms. The predicted octanol–water partition coefficient (Wildman–Crippen LogP) is 5.98. The number of ketones is 1. The standard InChI is InChI=1S/C32H33ClN2O5/c1-2-39-30(37)21-28(36)26-7-3-9-29-27(26)20-22(25-8-4-16-34-31(25)40-29)6-5-17-35-18-14-32(38,15-19-35)23-10-12-24(33)13-11-23/h3-4,6-13,16,38H,2,5,14-15,17-21H2,1H3. The molecule has 0 bridgehead atoms. The first-order chi connectivity index (χ1) is 19.4. The molecule has 5 rings (SSSR count). The van der Waals surface area contributed by atoms with Crippen LogP contribution in [-0.2, 0) is 21.6 Å². The quantitative estimate of drug-likeness (QED) is 0.206. The molecule has 0 aliphatic carbocycles. The van der Waals surface area contributed by atoms with Gasteiger partial charge in [0.25, 0.3) is 0 Å². The number of carbonyl (C=O) groups excluding carboxylic acids is 2. The van der Waals surface area contributed by atoms with Gasteiger partial charge in [0.15, 0.2) is 5.78 Å². The maximum atomic E-state index is 13.1. The van der Waals surface area contributed by atoms with E-state index in [0.717, 1.165) is 48.3 Å². The number of esters is 1. The van der Waals surface area contributed by atoms with E-state index in [4.69, 9.17) is 21.1 Å². The molecule has 2 aliphatic heterocycles. The summed E-state index contributed by atoms with van der Waals surface area (Å²) in [6.45, 7) is 4.37. The summed E-state index contributed by atoms with van der Waals surface area (Å²) in [6, 6.07) is 16.6. The Morgan fingerprint density at radius 3 is 2.65 bits per heavy atom. The van der Waals surface area contributed by atoms with Gasteiger partial charge in [0.1, 0.15) is 12.2 Å². The number of aliphatic hydroxyl groups is 1. The maximum Gasteiger partial charge on any atom is 0.313 e. The molecule has 0 unspecified atom stereocenters. The number of rotatable bonds is 8. The lowest BCUT2D eigenvalue weighted by atomic mass is 9.84. The summed E-state index contributed by atoms with van der Waals surface area (Å²) >= 11 is 6.02. The lowest BCUT2D eigenvalue weighted by Crippen LogP contribution is -2.42. The molecule has 1 saturated heterocycles. The Kier molecular flexibility index (Phi) is 8.64. The molecule has 0 spiro atoms. The predicted molar refractivity (Wildman–Crippen MR) is 154 cm³/mol. The minimum Gasteiger partial charge on any atom is -0.466 e. The van der Waals surface area contributed by atoms with Gasteiger partial charge < -0.3 is 19.5 Å². The number of hydrogen-bond acceptors (Lipinski definition) is 7. The number of aromatic nitrogens is 1. The zero-order valence-corrected chi connectivity index (χ0v) is 23.3. The Balaban J connectivity index is 1.31. The molecule has 2 aromatic carbocycles. The highest BCUT2D eigenvalue weighted by molar-refractivity contribution is 6.30. The van der Waals surface area contributed by atoms with Gasteiger partial charge in [-0.1, -0.05) is 41.9 Å². The highest BCUT2D eigenvalue weighted by Gasteiger charge is 2.33. The largest absolute Gasteiger partial charge is 0.466 e. The second kappa shape index (κ2) is 12.3. The second-order valence-electron chi connectivity index (χ2n) is 10.2. The first-order valence-corrected chi connectivity index (χ1v) is 14.1. The molecule has 208 valence electrons. The molecule has 7 nitrogen and oxygen atoms in total. The van der Waals surface area contributed by atoms with Crippen LogP contribution in [0.4, 0.5) is 0 Å². The minimum absolute atomic E-state index is 0.230. The normalized spacial score (nSPS) is 17.3. The molecule has 0 radical (unpaired) electrons. The third kappa shape index (κ3) is 6.28. The van der Waals surface area contributed by atoms with Crippen LogP contribution >= 0.6 is 11.6 Å². The number of hydrogen-bond donors (Lipinski definition) is 1. The van der Waals surface area contributed by atoms with Crippen LogP contribution in [0.5, 0.6) is 11.6 Å². The van der Waals surface area contributed by atoms with E-state index >= 15 is 0 Å². The highest BCUT2D eigenvalue weighted by atomic mass is 35.5. The molecule has 3 heterocycles. The molecular formula is C32H33ClN2O5. The van der Waals surface area contributed by atoms with Crippen LogP contribution in [0.2, 0.25) is 5.02 Å². The topological polar surface area (TPSA) is 89.0 Å². The number of halogens is 1. The van der Waals surface area contributed by atoms with Crippen LogP contribution in [0.25, 0.3) is 5.57 Å². The van der Waals surface area contributed by atoms with Crippen LogP contribution in [0.3, 0.4) is 0 Å². The zero-order valence-electron chi connectivity index (χ0n) is 22.6. The molecule has 3 aromatic rings. The molecule has 0 saturated carbocycles. The summed E-state index contributed by atoms with van der Waals surface area (Å²) < 4.78 is 11.2. The van der Waals surface area contributed by atoms with E-state index in [0.29, 0.717) is 41.5 Å². The fourth-order valence-electron chi connectivity index (χ4n) is 5.45. The average Bonchev–Trinajstić information content (AvgIpc) is 3.11. The first-order valence-electron chi connectivity index (χ1n) is 13.7. The Hall–Kier alpha value is -3.52. The van der Waals surface area contributed by atoms with Crippen molar-refractivity contribution < 1.29 is 24.2 Å². The van der Waals surface area contributed by atoms with Crippen molar-refractivity contribution >= 4 is 28.9 Å². The number of ether oxygens (including phenoxy) is 2. The van der Waals surface area contributed by atoms with Gasteiger partial charge in [0.2, 0.25) is 5.88 Å². The van der Waals surface area contributed by atoms with Gasteiger partial charge in [-0.25, -0.2) is 4.98 Å². The van der Waals surface area contributed by atoms with Crippen molar-refractivity contribution in [1.82, 2.24) is 9.88 Å². The number of carbonyl (C=O) groups is 2. The van der Waals surface area contributed by atoms with Crippen molar-refractivity contribution in [2.75, 3.05) is 26.2 Å². The molecule has 0 atom stereocenters. The van der Waals surface area contributed by atoms with Crippen LogP contribution in [-0.4, -0.2) is 53.0 Å². The number of nitrogens with zero attached hydrogens (tertiary/aromatic N) is 2. The number of benzene rings is 2. The smallest absolute Gasteiger partial charge is 0.313 e. The Bertz CT molecular complexity index is 1410. The second-order valence-corrected chi connectivity index (χ2v) is 10.7. The van der Waals surface area contributed by atoms with E-state index in [1.807, 2.05) is 42.5 Å². The molecule has 1 N–H and O–H groups in total. The highest BCUT2D eigenvalue weighted by Crippen LogP contribution is 2.40. The number of fused-ring (bicyclic) bond motifs is 2. The van der Waals surface area contributed by atoms with E-state index < -0.39 is 11.6 Å². The molecular weight excluding hydrogens is 528 g/mol. The first kappa shape index (κ1) is 28.0. The summed E-state index contributed by atoms with van der Waals surface area (Å²) in [7, 11) is 0. The molecule has 1 fully saturated rings. The van der Waals surface area contributed by atoms with Gasteiger partial charge in [0, 0.05) is 54.0 Å². The van der Waals surface area contributed by atoms with E-state index in [1.165, 1.54) is 0 Å². The van der Waals surface area contributed by atoms with E-state index in [1.54, 1.807) is 25.3 Å². The van der Waals surface area contributed by atoms with Gasteiger partial charge in [-0.3, -0.25) is 9.59 Å². The van der Waals surface area contributed by atoms with Gasteiger partial charge in [-0.2, -0.15) is 0 Å². The summed E-state index contributed by atoms with van der Waals surface area (Å²) in [4.78, 5) is 31.9. The number of piperidine rings is 1. The van der Waals surface area contributed by atoms with E-state index in [9.17, 15) is 14.7 Å². The summed E-state index contributed by atoms with van der Waals surface area (Å²) in [6.07, 6.45) is 6.15. The van der Waals surface area contributed by atoms with Crippen LogP contribution in [0.15, 0.2) is 66.9 Å². The number of likely N-dealkylation sites (tertiary alicyclic amines) is 1. The fraction of sp³-hybridized carbons (Fsp3) is 0.344. The van der Waals surface area contributed by atoms with Gasteiger partial charge in [-0.05, 0) is 67.7 Å². The Labute approximate surface area is 239 Å². The summed E-state index contributed by atoms with van der Waals surface area (Å²) in [5.41, 5.74) is 3.19. The van der Waals surface area contributed by atoms with Crippen molar-refractivity contribution in [2.24, 2.45) is 0 Å². The zero-order chi connectivity index (χ0) is 28.1. The Morgan fingerprint density at radius 1 is 1.12 bits per heavy atom. The lowest BCUT2D eigenvalue weighted by Gasteiger charge is -2.38. The van der Waals surface area contributed by atoms with Crippen molar-refractivity contribution in [3.63, 3.8) is 0 Å². The Morgan fingerprint density at radius 2 is 1.90 bits per heavy atom. The van der Waals surface area contributed by atoms with Crippen molar-refractivity contribution in [3.8, 4) is 11.6 Å². The number of pyridine rings is 1. The fourth-order valence-corrected chi connectivity index (χ4v) is 5.57. The molecule has 2 aliphatic rings. The van der Waals surface area contributed by atoms with Crippen LogP contribution < -0.4 is 4.74 Å². The molecule has 0 amide bonds. The minimum atomic E-state index is -0.834. The molecule has 8 heteroatoms. The van der Waals surface area contributed by atoms with Gasteiger partial charge >= 0.3 is 5.97 Å². The van der Waals surface area contributed by atoms with E-state index in [2.05, 4.69) is 16.0 Å². The summed E-state index contributed by atoms with van der Waals surface area (Å²) in [5, 5.41) is 11.9. The summed E-state index contributed by atoms with van der Waals surface area (Å²) in [5.74, 6) is 0.229. The van der Waals surface area contributed by atoms with Crippen molar-refractivity contribution in [1.29, 1.82) is 0 Å². The lowest BCUT2D eigenvalue weighted by molar-refractivity contribution is -0.141. The van der Waals surface area contributed by atoms with Crippen LogP contribution in [0, 0.1) is 0 Å². The SMILES string of the molecule is CCOC(=O)CC(=O)c1cccc2c1CC(=CCCN1CCC(O)(c3ccc(Cl)cc3)CC1)c1cccnc1O2. The maximum absolute atomic E-state index is 13.1. The van der Waals surface area contributed by atoms with Gasteiger partial charge in [-0.15, -0.1) is 0 Å².